The Kier molecular flexibility index (Phi) is 8.91. The van der Waals surface area contributed by atoms with Crippen LogP contribution < -0.4 is 14.8 Å². The zero-order chi connectivity index (χ0) is 21.9. The van der Waals surface area contributed by atoms with Crippen LogP contribution in [0.3, 0.4) is 0 Å². The highest BCUT2D eigenvalue weighted by Crippen LogP contribution is 2.26. The van der Waals surface area contributed by atoms with E-state index in [1.54, 1.807) is 44.4 Å². The van der Waals surface area contributed by atoms with Crippen molar-refractivity contribution in [2.75, 3.05) is 20.3 Å². The minimum Gasteiger partial charge on any atom is -0.497 e. The van der Waals surface area contributed by atoms with Gasteiger partial charge in [-0.2, -0.15) is 5.26 Å². The van der Waals surface area contributed by atoms with Gasteiger partial charge in [0.05, 0.1) is 13.7 Å². The highest BCUT2D eigenvalue weighted by molar-refractivity contribution is 9.10. The quantitative estimate of drug-likeness (QED) is 0.340. The molecule has 0 heterocycles. The van der Waals surface area contributed by atoms with E-state index < -0.39 is 11.9 Å². The maximum atomic E-state index is 12.5. The number of benzene rings is 2. The van der Waals surface area contributed by atoms with Crippen LogP contribution in [0, 0.1) is 11.3 Å². The lowest BCUT2D eigenvalue weighted by atomic mass is 10.1. The average molecular weight is 473 g/mol. The number of carbonyl (C=O) groups excluding carboxylic acids is 2. The normalized spacial score (nSPS) is 10.7. The lowest BCUT2D eigenvalue weighted by Crippen LogP contribution is -2.24. The van der Waals surface area contributed by atoms with Gasteiger partial charge in [0, 0.05) is 16.6 Å². The first-order valence-corrected chi connectivity index (χ1v) is 9.87. The molecule has 2 aromatic carbocycles. The van der Waals surface area contributed by atoms with E-state index in [9.17, 15) is 14.9 Å². The fourth-order valence-electron chi connectivity index (χ4n) is 2.43. The van der Waals surface area contributed by atoms with Crippen LogP contribution in [0.5, 0.6) is 11.5 Å². The molecule has 0 bridgehead atoms. The Morgan fingerprint density at radius 2 is 1.93 bits per heavy atom. The number of carbonyl (C=O) groups is 2. The van der Waals surface area contributed by atoms with Crippen LogP contribution in [0.15, 0.2) is 52.5 Å². The van der Waals surface area contributed by atoms with E-state index in [1.807, 2.05) is 18.2 Å². The highest BCUT2D eigenvalue weighted by atomic mass is 79.9. The van der Waals surface area contributed by atoms with Crippen molar-refractivity contribution in [3.8, 4) is 17.6 Å². The highest BCUT2D eigenvalue weighted by Gasteiger charge is 2.12. The van der Waals surface area contributed by atoms with Gasteiger partial charge in [-0.1, -0.05) is 28.1 Å². The molecule has 2 rings (SSSR count). The molecular weight excluding hydrogens is 452 g/mol. The van der Waals surface area contributed by atoms with Crippen molar-refractivity contribution in [1.82, 2.24) is 5.32 Å². The molecule has 0 saturated carbocycles. The van der Waals surface area contributed by atoms with Crippen molar-refractivity contribution < 1.29 is 23.8 Å². The van der Waals surface area contributed by atoms with Crippen molar-refractivity contribution in [2.24, 2.45) is 0 Å². The van der Waals surface area contributed by atoms with E-state index in [-0.39, 0.29) is 25.3 Å². The summed E-state index contributed by atoms with van der Waals surface area (Å²) in [6, 6.07) is 14.2. The Morgan fingerprint density at radius 1 is 1.20 bits per heavy atom. The molecule has 0 atom stereocenters. The van der Waals surface area contributed by atoms with Gasteiger partial charge in [-0.15, -0.1) is 0 Å². The molecule has 2 aromatic rings. The summed E-state index contributed by atoms with van der Waals surface area (Å²) in [7, 11) is 1.58. The minimum absolute atomic E-state index is 0.0948. The standard InChI is InChI=1S/C22H21BrN2O5/c1-3-29-21(26)14-30-20-9-6-18(23)11-16(20)10-17(12-24)22(27)25-13-15-4-7-19(28-2)8-5-15/h4-11H,3,13-14H2,1-2H3,(H,25,27)/b17-10-. The van der Waals surface area contributed by atoms with Crippen LogP contribution >= 0.6 is 15.9 Å². The molecule has 156 valence electrons. The molecule has 1 amide bonds. The summed E-state index contributed by atoms with van der Waals surface area (Å²) in [5, 5.41) is 12.2. The summed E-state index contributed by atoms with van der Waals surface area (Å²) in [5.41, 5.74) is 1.25. The molecule has 0 radical (unpaired) electrons. The van der Waals surface area contributed by atoms with Gasteiger partial charge in [0.2, 0.25) is 0 Å². The molecule has 0 aliphatic heterocycles. The SMILES string of the molecule is CCOC(=O)COc1ccc(Br)cc1/C=C(/C#N)C(=O)NCc1ccc(OC)cc1. The molecule has 8 heteroatoms. The van der Waals surface area contributed by atoms with E-state index in [2.05, 4.69) is 21.2 Å². The Bertz CT molecular complexity index is 964. The topological polar surface area (TPSA) is 97.7 Å². The predicted molar refractivity (Wildman–Crippen MR) is 115 cm³/mol. The van der Waals surface area contributed by atoms with Crippen LogP contribution in [0.25, 0.3) is 6.08 Å². The summed E-state index contributed by atoms with van der Waals surface area (Å²) in [6.45, 7) is 1.94. The number of nitrogens with one attached hydrogen (secondary N) is 1. The first kappa shape index (κ1) is 23.0. The van der Waals surface area contributed by atoms with Crippen molar-refractivity contribution in [2.45, 2.75) is 13.5 Å². The molecule has 1 N–H and O–H groups in total. The molecular formula is C22H21BrN2O5. The zero-order valence-electron chi connectivity index (χ0n) is 16.6. The number of hydrogen-bond donors (Lipinski definition) is 1. The molecule has 0 unspecified atom stereocenters. The van der Waals surface area contributed by atoms with Gasteiger partial charge in [0.1, 0.15) is 23.1 Å². The van der Waals surface area contributed by atoms with Crippen molar-refractivity contribution in [1.29, 1.82) is 5.26 Å². The average Bonchev–Trinajstić information content (AvgIpc) is 2.75. The number of nitriles is 1. The number of esters is 1. The number of amides is 1. The Hall–Kier alpha value is -3.31. The largest absolute Gasteiger partial charge is 0.497 e. The van der Waals surface area contributed by atoms with Gasteiger partial charge in [0.15, 0.2) is 6.61 Å². The summed E-state index contributed by atoms with van der Waals surface area (Å²) in [6.07, 6.45) is 1.41. The summed E-state index contributed by atoms with van der Waals surface area (Å²) in [4.78, 5) is 24.0. The lowest BCUT2D eigenvalue weighted by Gasteiger charge is -2.10. The number of halogens is 1. The van der Waals surface area contributed by atoms with Gasteiger partial charge < -0.3 is 19.5 Å². The van der Waals surface area contributed by atoms with Crippen LogP contribution in [0.2, 0.25) is 0 Å². The molecule has 0 spiro atoms. The molecule has 7 nitrogen and oxygen atoms in total. The lowest BCUT2D eigenvalue weighted by molar-refractivity contribution is -0.145. The number of ether oxygens (including phenoxy) is 3. The second kappa shape index (κ2) is 11.6. The van der Waals surface area contributed by atoms with Crippen molar-refractivity contribution in [3.63, 3.8) is 0 Å². The van der Waals surface area contributed by atoms with Gasteiger partial charge in [-0.25, -0.2) is 4.79 Å². The fourth-order valence-corrected chi connectivity index (χ4v) is 2.81. The van der Waals surface area contributed by atoms with Gasteiger partial charge >= 0.3 is 5.97 Å². The molecule has 0 saturated heterocycles. The third kappa shape index (κ3) is 6.94. The molecule has 0 aromatic heterocycles. The van der Waals surface area contributed by atoms with Crippen LogP contribution in [0.4, 0.5) is 0 Å². The first-order valence-electron chi connectivity index (χ1n) is 9.07. The van der Waals surface area contributed by atoms with E-state index in [0.29, 0.717) is 17.1 Å². The van der Waals surface area contributed by atoms with E-state index in [0.717, 1.165) is 10.0 Å². The number of rotatable bonds is 9. The van der Waals surface area contributed by atoms with Crippen LogP contribution in [-0.4, -0.2) is 32.2 Å². The Labute approximate surface area is 183 Å². The predicted octanol–water partition coefficient (Wildman–Crippen LogP) is 3.62. The fraction of sp³-hybridized carbons (Fsp3) is 0.227. The minimum atomic E-state index is -0.523. The number of nitrogens with zero attached hydrogens (tertiary/aromatic N) is 1. The van der Waals surface area contributed by atoms with Crippen LogP contribution in [0.1, 0.15) is 18.1 Å². The molecule has 0 fully saturated rings. The Morgan fingerprint density at radius 3 is 2.57 bits per heavy atom. The first-order chi connectivity index (χ1) is 14.5. The molecule has 0 aliphatic rings. The third-order valence-electron chi connectivity index (χ3n) is 3.90. The van der Waals surface area contributed by atoms with E-state index >= 15 is 0 Å². The maximum Gasteiger partial charge on any atom is 0.344 e. The summed E-state index contributed by atoms with van der Waals surface area (Å²) in [5.74, 6) is 0.0346. The molecule has 30 heavy (non-hydrogen) atoms. The van der Waals surface area contributed by atoms with Crippen molar-refractivity contribution >= 4 is 33.9 Å². The zero-order valence-corrected chi connectivity index (χ0v) is 18.2. The van der Waals surface area contributed by atoms with Gasteiger partial charge in [0.25, 0.3) is 5.91 Å². The van der Waals surface area contributed by atoms with Crippen molar-refractivity contribution in [3.05, 3.63) is 63.6 Å². The van der Waals surface area contributed by atoms with Gasteiger partial charge in [-0.05, 0) is 48.9 Å². The second-order valence-electron chi connectivity index (χ2n) is 5.98. The second-order valence-corrected chi connectivity index (χ2v) is 6.89. The summed E-state index contributed by atoms with van der Waals surface area (Å²) < 4.78 is 16.2. The maximum absolute atomic E-state index is 12.5. The van der Waals surface area contributed by atoms with E-state index in [1.165, 1.54) is 6.08 Å². The summed E-state index contributed by atoms with van der Waals surface area (Å²) >= 11 is 3.35. The molecule has 0 aliphatic carbocycles. The van der Waals surface area contributed by atoms with Gasteiger partial charge in [-0.3, -0.25) is 4.79 Å². The van der Waals surface area contributed by atoms with E-state index in [4.69, 9.17) is 14.2 Å². The smallest absolute Gasteiger partial charge is 0.344 e. The Balaban J connectivity index is 2.13. The number of methoxy groups -OCH3 is 1. The monoisotopic (exact) mass is 472 g/mol. The number of hydrogen-bond acceptors (Lipinski definition) is 6. The third-order valence-corrected chi connectivity index (χ3v) is 4.39. The van der Waals surface area contributed by atoms with Crippen LogP contribution in [-0.2, 0) is 20.9 Å².